The lowest BCUT2D eigenvalue weighted by atomic mass is 10.0. The lowest BCUT2D eigenvalue weighted by molar-refractivity contribution is 0.311. The van der Waals surface area contributed by atoms with Gasteiger partial charge in [0.05, 0.1) is 19.3 Å². The van der Waals surface area contributed by atoms with Crippen LogP contribution in [-0.4, -0.2) is 28.1 Å². The second kappa shape index (κ2) is 9.10. The predicted molar refractivity (Wildman–Crippen MR) is 131 cm³/mol. The van der Waals surface area contributed by atoms with Gasteiger partial charge in [-0.3, -0.25) is 4.79 Å². The third-order valence-corrected chi connectivity index (χ3v) is 6.59. The molecule has 1 heterocycles. The van der Waals surface area contributed by atoms with Gasteiger partial charge in [-0.2, -0.15) is 0 Å². The number of thiocarbonyl (C=S) groups is 1. The van der Waals surface area contributed by atoms with Crippen molar-refractivity contribution in [2.75, 3.05) is 12.4 Å². The molecule has 0 atom stereocenters. The van der Waals surface area contributed by atoms with E-state index < -0.39 is 0 Å². The van der Waals surface area contributed by atoms with Crippen LogP contribution in [0.3, 0.4) is 0 Å². The average molecular weight is 436 g/mol. The molecule has 162 valence electrons. The fourth-order valence-corrected chi connectivity index (χ4v) is 4.66. The number of methoxy groups -OCH3 is 1. The second-order valence-corrected chi connectivity index (χ2v) is 8.73. The molecule has 4 rings (SSSR count). The van der Waals surface area contributed by atoms with Crippen LogP contribution < -0.4 is 15.6 Å². The third kappa shape index (κ3) is 4.59. The number of ether oxygens (including phenoxy) is 1. The summed E-state index contributed by atoms with van der Waals surface area (Å²) in [6.45, 7) is 4.63. The topological polar surface area (TPSA) is 57.4 Å². The molecule has 1 aliphatic rings. The van der Waals surface area contributed by atoms with Crippen molar-refractivity contribution in [1.82, 2.24) is 9.88 Å². The van der Waals surface area contributed by atoms with Crippen LogP contribution in [0, 0.1) is 13.8 Å². The summed E-state index contributed by atoms with van der Waals surface area (Å²) in [6, 6.07) is 14.2. The van der Waals surface area contributed by atoms with Gasteiger partial charge in [-0.15, -0.1) is 0 Å². The lowest BCUT2D eigenvalue weighted by Gasteiger charge is -2.32. The number of nitrogens with one attached hydrogen (secondary N) is 2. The Bertz CT molecular complexity index is 1170. The smallest absolute Gasteiger partial charge is 0.253 e. The van der Waals surface area contributed by atoms with E-state index in [1.165, 1.54) is 24.0 Å². The molecule has 6 heteroatoms. The van der Waals surface area contributed by atoms with Gasteiger partial charge in [0.1, 0.15) is 5.75 Å². The summed E-state index contributed by atoms with van der Waals surface area (Å²) in [5.74, 6) is 0.741. The van der Waals surface area contributed by atoms with E-state index in [1.54, 1.807) is 7.11 Å². The Labute approximate surface area is 188 Å². The maximum atomic E-state index is 12.9. The van der Waals surface area contributed by atoms with Crippen LogP contribution in [0.25, 0.3) is 10.9 Å². The highest BCUT2D eigenvalue weighted by Crippen LogP contribution is 2.28. The second-order valence-electron chi connectivity index (χ2n) is 8.34. The largest absolute Gasteiger partial charge is 0.495 e. The fourth-order valence-electron chi connectivity index (χ4n) is 4.34. The van der Waals surface area contributed by atoms with Crippen LogP contribution in [-0.2, 0) is 6.54 Å². The number of aromatic amines is 1. The van der Waals surface area contributed by atoms with Crippen molar-refractivity contribution < 1.29 is 4.74 Å². The first-order chi connectivity index (χ1) is 15.0. The van der Waals surface area contributed by atoms with Crippen LogP contribution in [0.15, 0.2) is 47.3 Å². The molecule has 0 radical (unpaired) electrons. The molecule has 1 fully saturated rings. The molecule has 0 aliphatic heterocycles. The number of H-pyrrole nitrogens is 1. The molecule has 2 aromatic carbocycles. The van der Waals surface area contributed by atoms with Crippen molar-refractivity contribution in [3.63, 3.8) is 0 Å². The molecule has 1 aromatic heterocycles. The first-order valence-corrected chi connectivity index (χ1v) is 11.2. The number of fused-ring (bicyclic) bond motifs is 1. The Balaban J connectivity index is 1.65. The Hall–Kier alpha value is -2.86. The minimum absolute atomic E-state index is 0.0566. The van der Waals surface area contributed by atoms with Crippen molar-refractivity contribution in [2.45, 2.75) is 52.1 Å². The molecule has 0 amide bonds. The molecular weight excluding hydrogens is 406 g/mol. The van der Waals surface area contributed by atoms with E-state index in [0.29, 0.717) is 17.7 Å². The van der Waals surface area contributed by atoms with Gasteiger partial charge in [-0.05, 0) is 85.8 Å². The maximum absolute atomic E-state index is 12.9. The average Bonchev–Trinajstić information content (AvgIpc) is 3.28. The van der Waals surface area contributed by atoms with E-state index in [0.717, 1.165) is 40.7 Å². The van der Waals surface area contributed by atoms with E-state index in [2.05, 4.69) is 35.1 Å². The van der Waals surface area contributed by atoms with Crippen LogP contribution in [0.1, 0.15) is 42.4 Å². The Kier molecular flexibility index (Phi) is 6.28. The molecule has 1 saturated carbocycles. The number of nitrogens with zero attached hydrogens (tertiary/aromatic N) is 1. The van der Waals surface area contributed by atoms with E-state index in [-0.39, 0.29) is 5.56 Å². The molecule has 3 aromatic rings. The summed E-state index contributed by atoms with van der Waals surface area (Å²) in [5, 5.41) is 5.02. The van der Waals surface area contributed by atoms with Crippen molar-refractivity contribution in [1.29, 1.82) is 0 Å². The summed E-state index contributed by atoms with van der Waals surface area (Å²) in [4.78, 5) is 18.1. The lowest BCUT2D eigenvalue weighted by Crippen LogP contribution is -2.42. The monoisotopic (exact) mass is 435 g/mol. The first-order valence-electron chi connectivity index (χ1n) is 10.8. The highest BCUT2D eigenvalue weighted by atomic mass is 32.1. The number of anilines is 1. The standard InChI is InChI=1S/C25H29N3O2S/c1-16-12-18-14-19(24(29)26-22(18)13-17(16)2)15-28(20-8-4-5-9-20)25(31)27-21-10-6-7-11-23(21)30-3/h6-7,10-14,20H,4-5,8-9,15H2,1-3H3,(H,26,29)(H,27,31). The van der Waals surface area contributed by atoms with E-state index in [9.17, 15) is 4.79 Å². The Morgan fingerprint density at radius 1 is 1.16 bits per heavy atom. The van der Waals surface area contributed by atoms with Gasteiger partial charge >= 0.3 is 0 Å². The van der Waals surface area contributed by atoms with Gasteiger partial charge in [0.2, 0.25) is 0 Å². The van der Waals surface area contributed by atoms with Crippen LogP contribution in [0.2, 0.25) is 0 Å². The summed E-state index contributed by atoms with van der Waals surface area (Å²) in [7, 11) is 1.65. The zero-order valence-electron chi connectivity index (χ0n) is 18.3. The molecule has 1 aliphatic carbocycles. The molecule has 0 bridgehead atoms. The molecule has 0 unspecified atom stereocenters. The zero-order chi connectivity index (χ0) is 22.0. The normalized spacial score (nSPS) is 14.0. The van der Waals surface area contributed by atoms with E-state index >= 15 is 0 Å². The summed E-state index contributed by atoms with van der Waals surface area (Å²) in [6.07, 6.45) is 4.53. The van der Waals surface area contributed by atoms with Crippen LogP contribution in [0.5, 0.6) is 5.75 Å². The molecular formula is C25H29N3O2S. The molecule has 0 saturated heterocycles. The van der Waals surface area contributed by atoms with Crippen molar-refractivity contribution in [3.05, 3.63) is 69.5 Å². The van der Waals surface area contributed by atoms with Gasteiger partial charge in [0.15, 0.2) is 5.11 Å². The molecule has 0 spiro atoms. The minimum atomic E-state index is -0.0566. The third-order valence-electron chi connectivity index (χ3n) is 6.25. The first kappa shape index (κ1) is 21.4. The van der Waals surface area contributed by atoms with E-state index in [4.69, 9.17) is 17.0 Å². The highest BCUT2D eigenvalue weighted by Gasteiger charge is 2.26. The van der Waals surface area contributed by atoms with Gasteiger partial charge in [0.25, 0.3) is 5.56 Å². The summed E-state index contributed by atoms with van der Waals surface area (Å²) in [5.41, 5.74) is 4.76. The Morgan fingerprint density at radius 3 is 2.61 bits per heavy atom. The summed E-state index contributed by atoms with van der Waals surface area (Å²) < 4.78 is 5.46. The number of hydrogen-bond donors (Lipinski definition) is 2. The number of benzene rings is 2. The molecule has 31 heavy (non-hydrogen) atoms. The van der Waals surface area contributed by atoms with Crippen molar-refractivity contribution in [2.24, 2.45) is 0 Å². The maximum Gasteiger partial charge on any atom is 0.253 e. The highest BCUT2D eigenvalue weighted by molar-refractivity contribution is 7.80. The molecule has 5 nitrogen and oxygen atoms in total. The number of pyridine rings is 1. The number of aryl methyl sites for hydroxylation is 2. The molecule has 2 N–H and O–H groups in total. The SMILES string of the molecule is COc1ccccc1NC(=S)N(Cc1cc2cc(C)c(C)cc2[nH]c1=O)C1CCCC1. The van der Waals surface area contributed by atoms with Crippen molar-refractivity contribution >= 4 is 33.9 Å². The van der Waals surface area contributed by atoms with Crippen LogP contribution in [0.4, 0.5) is 5.69 Å². The van der Waals surface area contributed by atoms with Gasteiger partial charge in [-0.25, -0.2) is 0 Å². The zero-order valence-corrected chi connectivity index (χ0v) is 19.1. The van der Waals surface area contributed by atoms with Gasteiger partial charge in [0, 0.05) is 17.1 Å². The van der Waals surface area contributed by atoms with Crippen molar-refractivity contribution in [3.8, 4) is 5.75 Å². The number of aromatic nitrogens is 1. The fraction of sp³-hybridized carbons (Fsp3) is 0.360. The van der Waals surface area contributed by atoms with Crippen LogP contribution >= 0.6 is 12.2 Å². The summed E-state index contributed by atoms with van der Waals surface area (Å²) >= 11 is 5.82. The number of hydrogen-bond acceptors (Lipinski definition) is 3. The van der Waals surface area contributed by atoms with E-state index in [1.807, 2.05) is 36.4 Å². The van der Waals surface area contributed by atoms with Gasteiger partial charge < -0.3 is 19.9 Å². The number of para-hydroxylation sites is 2. The minimum Gasteiger partial charge on any atom is -0.495 e. The number of rotatable bonds is 5. The predicted octanol–water partition coefficient (Wildman–Crippen LogP) is 5.30. The van der Waals surface area contributed by atoms with Gasteiger partial charge in [-0.1, -0.05) is 25.0 Å². The Morgan fingerprint density at radius 2 is 1.87 bits per heavy atom. The quantitative estimate of drug-likeness (QED) is 0.533.